The van der Waals surface area contributed by atoms with E-state index < -0.39 is 18.2 Å². The Hall–Kier alpha value is -1.17. The van der Waals surface area contributed by atoms with Crippen molar-refractivity contribution >= 4 is 5.91 Å². The summed E-state index contributed by atoms with van der Waals surface area (Å²) in [6, 6.07) is -0.805. The molecule has 0 spiro atoms. The molecule has 0 bridgehead atoms. The second-order valence-electron chi connectivity index (χ2n) is 16.7. The van der Waals surface area contributed by atoms with Crippen molar-refractivity contribution in [3.8, 4) is 0 Å². The molecule has 0 aliphatic rings. The maximum atomic E-state index is 12.4. The summed E-state index contributed by atoms with van der Waals surface area (Å²) < 4.78 is 0. The van der Waals surface area contributed by atoms with E-state index in [-0.39, 0.29) is 12.5 Å². The van der Waals surface area contributed by atoms with Crippen LogP contribution in [0.4, 0.5) is 0 Å². The average molecular weight is 762 g/mol. The smallest absolute Gasteiger partial charge is 0.220 e. The third-order valence-corrected chi connectivity index (χ3v) is 11.3. The van der Waals surface area contributed by atoms with E-state index in [1.807, 2.05) is 0 Å². The zero-order valence-electron chi connectivity index (χ0n) is 36.4. The Morgan fingerprint density at radius 1 is 0.463 bits per heavy atom. The van der Waals surface area contributed by atoms with Crippen LogP contribution in [-0.4, -0.2) is 46.1 Å². The number of amides is 1. The highest BCUT2D eigenvalue weighted by atomic mass is 16.3. The van der Waals surface area contributed by atoms with E-state index in [1.54, 1.807) is 0 Å². The number of nitrogens with one attached hydrogen (secondary N) is 1. The van der Waals surface area contributed by atoms with Crippen LogP contribution in [0.1, 0.15) is 258 Å². The lowest BCUT2D eigenvalue weighted by Crippen LogP contribution is -2.50. The third-order valence-electron chi connectivity index (χ3n) is 11.3. The Labute approximate surface area is 337 Å². The molecule has 0 heterocycles. The van der Waals surface area contributed by atoms with Crippen LogP contribution in [0.5, 0.6) is 0 Å². The lowest BCUT2D eigenvalue weighted by Gasteiger charge is -2.26. The molecule has 0 saturated carbocycles. The van der Waals surface area contributed by atoms with E-state index in [4.69, 9.17) is 0 Å². The molecule has 0 aromatic carbocycles. The van der Waals surface area contributed by atoms with Crippen LogP contribution in [0, 0.1) is 0 Å². The lowest BCUT2D eigenvalue weighted by atomic mass is 9.99. The quantitative estimate of drug-likeness (QED) is 0.0368. The van der Waals surface area contributed by atoms with E-state index >= 15 is 0 Å². The molecule has 54 heavy (non-hydrogen) atoms. The maximum Gasteiger partial charge on any atom is 0.220 e. The molecule has 0 saturated heterocycles. The van der Waals surface area contributed by atoms with E-state index in [9.17, 15) is 20.1 Å². The van der Waals surface area contributed by atoms with Gasteiger partial charge in [0.25, 0.3) is 0 Å². The number of rotatable bonds is 44. The van der Waals surface area contributed by atoms with Crippen LogP contribution in [0.25, 0.3) is 0 Å². The number of carbonyl (C=O) groups is 1. The fourth-order valence-corrected chi connectivity index (χ4v) is 7.55. The van der Waals surface area contributed by atoms with Gasteiger partial charge in [-0.1, -0.05) is 231 Å². The monoisotopic (exact) mass is 762 g/mol. The summed E-state index contributed by atoms with van der Waals surface area (Å²) in [6.45, 7) is 4.16. The Balaban J connectivity index is 3.48. The SMILES string of the molecule is CCCCCCCCCCC/C=C\C/C=C\CCCCCCCCCCCCCCCCCC(=O)NC(CO)C(O)C(O)CCCCCCCCCCC. The summed E-state index contributed by atoms with van der Waals surface area (Å²) in [6.07, 6.45) is 54.7. The zero-order chi connectivity index (χ0) is 39.4. The zero-order valence-corrected chi connectivity index (χ0v) is 36.4. The topological polar surface area (TPSA) is 89.8 Å². The highest BCUT2D eigenvalue weighted by molar-refractivity contribution is 5.76. The standard InChI is InChI=1S/C49H95NO4/c1-3-5-7-9-11-13-14-15-16-17-18-19-20-21-22-23-24-25-26-27-28-29-30-31-32-33-34-36-38-40-42-44-48(53)50-46(45-51)49(54)47(52)43-41-39-37-35-12-10-8-6-4-2/h18-19,21-22,46-47,49,51-52,54H,3-17,20,23-45H2,1-2H3,(H,50,53)/b19-18-,22-21-. The molecule has 0 aromatic heterocycles. The van der Waals surface area contributed by atoms with Crippen LogP contribution in [0.2, 0.25) is 0 Å². The Kier molecular flexibility index (Phi) is 43.6. The molecule has 0 fully saturated rings. The Morgan fingerprint density at radius 2 is 0.796 bits per heavy atom. The number of hydrogen-bond donors (Lipinski definition) is 4. The van der Waals surface area contributed by atoms with Gasteiger partial charge in [0.15, 0.2) is 0 Å². The number of unbranched alkanes of at least 4 members (excludes halogenated alkanes) is 32. The predicted molar refractivity (Wildman–Crippen MR) is 236 cm³/mol. The minimum absolute atomic E-state index is 0.145. The minimum Gasteiger partial charge on any atom is -0.394 e. The molecule has 0 aliphatic heterocycles. The van der Waals surface area contributed by atoms with Crippen LogP contribution in [0.15, 0.2) is 24.3 Å². The molecule has 5 heteroatoms. The average Bonchev–Trinajstić information content (AvgIpc) is 3.18. The molecule has 3 atom stereocenters. The van der Waals surface area contributed by atoms with Gasteiger partial charge in [-0.05, 0) is 44.9 Å². The van der Waals surface area contributed by atoms with Crippen LogP contribution >= 0.6 is 0 Å². The van der Waals surface area contributed by atoms with Crippen molar-refractivity contribution < 1.29 is 20.1 Å². The van der Waals surface area contributed by atoms with Crippen molar-refractivity contribution in [2.24, 2.45) is 0 Å². The van der Waals surface area contributed by atoms with Crippen molar-refractivity contribution in [3.63, 3.8) is 0 Å². The summed E-state index contributed by atoms with van der Waals surface area (Å²) >= 11 is 0. The number of aliphatic hydroxyl groups is 3. The van der Waals surface area contributed by atoms with Crippen molar-refractivity contribution in [1.82, 2.24) is 5.32 Å². The number of aliphatic hydroxyl groups excluding tert-OH is 3. The molecule has 0 aromatic rings. The van der Waals surface area contributed by atoms with Gasteiger partial charge in [0.1, 0.15) is 6.10 Å². The summed E-state index contributed by atoms with van der Waals surface area (Å²) in [4.78, 5) is 12.4. The number of allylic oxidation sites excluding steroid dienone is 4. The molecule has 0 radical (unpaired) electrons. The first-order valence-electron chi connectivity index (χ1n) is 24.1. The molecule has 5 nitrogen and oxygen atoms in total. The predicted octanol–water partition coefficient (Wildman–Crippen LogP) is 14.2. The first-order chi connectivity index (χ1) is 26.6. The molecule has 1 amide bonds. The Bertz CT molecular complexity index is 799. The molecule has 4 N–H and O–H groups in total. The van der Waals surface area contributed by atoms with Gasteiger partial charge in [-0.3, -0.25) is 4.79 Å². The molecule has 320 valence electrons. The van der Waals surface area contributed by atoms with Crippen LogP contribution in [0.3, 0.4) is 0 Å². The van der Waals surface area contributed by atoms with E-state index in [2.05, 4.69) is 43.5 Å². The normalized spacial score (nSPS) is 13.6. The van der Waals surface area contributed by atoms with Gasteiger partial charge in [-0.2, -0.15) is 0 Å². The van der Waals surface area contributed by atoms with Gasteiger partial charge < -0.3 is 20.6 Å². The molecule has 0 aliphatic carbocycles. The van der Waals surface area contributed by atoms with Gasteiger partial charge in [-0.25, -0.2) is 0 Å². The van der Waals surface area contributed by atoms with Gasteiger partial charge in [0.2, 0.25) is 5.91 Å². The van der Waals surface area contributed by atoms with Crippen molar-refractivity contribution in [3.05, 3.63) is 24.3 Å². The first-order valence-corrected chi connectivity index (χ1v) is 24.1. The summed E-state index contributed by atoms with van der Waals surface area (Å²) in [5, 5.41) is 33.4. The highest BCUT2D eigenvalue weighted by Gasteiger charge is 2.26. The largest absolute Gasteiger partial charge is 0.394 e. The van der Waals surface area contributed by atoms with Gasteiger partial charge in [-0.15, -0.1) is 0 Å². The summed E-state index contributed by atoms with van der Waals surface area (Å²) in [5.74, 6) is -0.145. The fourth-order valence-electron chi connectivity index (χ4n) is 7.55. The Morgan fingerprint density at radius 3 is 1.17 bits per heavy atom. The van der Waals surface area contributed by atoms with Gasteiger partial charge >= 0.3 is 0 Å². The highest BCUT2D eigenvalue weighted by Crippen LogP contribution is 2.16. The maximum absolute atomic E-state index is 12.4. The van der Waals surface area contributed by atoms with E-state index in [0.29, 0.717) is 12.8 Å². The molecular weight excluding hydrogens is 667 g/mol. The van der Waals surface area contributed by atoms with Crippen molar-refractivity contribution in [1.29, 1.82) is 0 Å². The van der Waals surface area contributed by atoms with Crippen LogP contribution in [-0.2, 0) is 4.79 Å². The van der Waals surface area contributed by atoms with Gasteiger partial charge in [0.05, 0.1) is 18.8 Å². The molecule has 3 unspecified atom stereocenters. The summed E-state index contributed by atoms with van der Waals surface area (Å²) in [7, 11) is 0. The second kappa shape index (κ2) is 44.5. The van der Waals surface area contributed by atoms with E-state index in [0.717, 1.165) is 44.9 Å². The van der Waals surface area contributed by atoms with Gasteiger partial charge in [0, 0.05) is 6.42 Å². The van der Waals surface area contributed by atoms with E-state index in [1.165, 1.54) is 186 Å². The third kappa shape index (κ3) is 39.1. The van der Waals surface area contributed by atoms with Crippen LogP contribution < -0.4 is 5.32 Å². The number of hydrogen-bond acceptors (Lipinski definition) is 4. The van der Waals surface area contributed by atoms with Crippen molar-refractivity contribution in [2.75, 3.05) is 6.61 Å². The first kappa shape index (κ1) is 52.8. The molecule has 0 rings (SSSR count). The fraction of sp³-hybridized carbons (Fsp3) is 0.898. The lowest BCUT2D eigenvalue weighted by molar-refractivity contribution is -0.124. The second-order valence-corrected chi connectivity index (χ2v) is 16.7. The molecular formula is C49H95NO4. The number of carbonyl (C=O) groups excluding carboxylic acids is 1. The minimum atomic E-state index is -1.13. The summed E-state index contributed by atoms with van der Waals surface area (Å²) in [5.41, 5.74) is 0. The van der Waals surface area contributed by atoms with Crippen molar-refractivity contribution in [2.45, 2.75) is 276 Å².